The fraction of sp³-hybridized carbons (Fsp3) is 0.133. The number of phenolic OH excluding ortho intramolecular Hbond substituents is 1. The Morgan fingerprint density at radius 3 is 2.67 bits per heavy atom. The number of carbonyl (C=O) groups is 1. The maximum absolute atomic E-state index is 11.8. The van der Waals surface area contributed by atoms with Gasteiger partial charge in [-0.05, 0) is 36.8 Å². The van der Waals surface area contributed by atoms with Crippen molar-refractivity contribution in [1.82, 2.24) is 0 Å². The topological polar surface area (TPSA) is 58.6 Å². The fourth-order valence-corrected chi connectivity index (χ4v) is 1.94. The van der Waals surface area contributed by atoms with Crippen LogP contribution in [0.2, 0.25) is 10.0 Å². The average molecular weight is 326 g/mol. The van der Waals surface area contributed by atoms with Crippen LogP contribution in [-0.4, -0.2) is 17.6 Å². The van der Waals surface area contributed by atoms with Gasteiger partial charge in [-0.25, -0.2) is 0 Å². The molecule has 21 heavy (non-hydrogen) atoms. The van der Waals surface area contributed by atoms with Crippen LogP contribution in [0.25, 0.3) is 0 Å². The zero-order valence-electron chi connectivity index (χ0n) is 11.2. The van der Waals surface area contributed by atoms with E-state index in [1.54, 1.807) is 24.3 Å². The molecule has 0 saturated heterocycles. The molecule has 0 aliphatic carbocycles. The summed E-state index contributed by atoms with van der Waals surface area (Å²) in [6.45, 7) is 1.66. The highest BCUT2D eigenvalue weighted by Crippen LogP contribution is 2.26. The first-order chi connectivity index (χ1) is 9.95. The number of benzene rings is 2. The Balaban J connectivity index is 1.95. The molecular formula is C15H13Cl2NO3. The number of hydrogen-bond donors (Lipinski definition) is 2. The van der Waals surface area contributed by atoms with E-state index in [4.69, 9.17) is 27.9 Å². The number of anilines is 1. The van der Waals surface area contributed by atoms with Crippen molar-refractivity contribution >= 4 is 34.8 Å². The second kappa shape index (κ2) is 6.70. The lowest BCUT2D eigenvalue weighted by Gasteiger charge is -2.10. The molecule has 110 valence electrons. The zero-order valence-corrected chi connectivity index (χ0v) is 12.7. The maximum Gasteiger partial charge on any atom is 0.262 e. The summed E-state index contributed by atoms with van der Waals surface area (Å²) in [5.74, 6) is 0.0541. The third-order valence-corrected chi connectivity index (χ3v) is 3.43. The highest BCUT2D eigenvalue weighted by atomic mass is 35.5. The van der Waals surface area contributed by atoms with Crippen LogP contribution in [0.5, 0.6) is 11.5 Å². The van der Waals surface area contributed by atoms with E-state index in [0.717, 1.165) is 5.56 Å². The molecule has 0 heterocycles. The van der Waals surface area contributed by atoms with Gasteiger partial charge < -0.3 is 15.2 Å². The molecule has 0 aliphatic rings. The van der Waals surface area contributed by atoms with Crippen molar-refractivity contribution in [3.05, 3.63) is 52.0 Å². The number of amides is 1. The monoisotopic (exact) mass is 325 g/mol. The summed E-state index contributed by atoms with van der Waals surface area (Å²) in [5.41, 5.74) is 1.27. The minimum atomic E-state index is -0.387. The molecule has 0 unspecified atom stereocenters. The summed E-state index contributed by atoms with van der Waals surface area (Å²) >= 11 is 11.6. The number of halogens is 2. The van der Waals surface area contributed by atoms with Crippen molar-refractivity contribution < 1.29 is 14.6 Å². The molecule has 2 aromatic rings. The Hall–Kier alpha value is -1.91. The minimum absolute atomic E-state index is 0.00323. The van der Waals surface area contributed by atoms with E-state index in [1.807, 2.05) is 6.92 Å². The third-order valence-electron chi connectivity index (χ3n) is 2.69. The number of hydrogen-bond acceptors (Lipinski definition) is 3. The molecule has 6 heteroatoms. The van der Waals surface area contributed by atoms with Crippen molar-refractivity contribution in [2.24, 2.45) is 0 Å². The van der Waals surface area contributed by atoms with Gasteiger partial charge in [0.15, 0.2) is 6.61 Å². The molecule has 2 rings (SSSR count). The predicted octanol–water partition coefficient (Wildman–Crippen LogP) is 4.02. The lowest BCUT2D eigenvalue weighted by atomic mass is 10.2. The second-order valence-electron chi connectivity index (χ2n) is 4.43. The first-order valence-corrected chi connectivity index (χ1v) is 6.88. The molecule has 0 saturated carbocycles. The standard InChI is InChI=1S/C15H13Cl2NO3/c1-9-2-5-14(19)13(6-9)18-15(20)8-21-10-3-4-11(16)12(17)7-10/h2-7,19H,8H2,1H3,(H,18,20). The van der Waals surface area contributed by atoms with Crippen LogP contribution in [0.3, 0.4) is 0 Å². The van der Waals surface area contributed by atoms with Gasteiger partial charge in [-0.2, -0.15) is 0 Å². The van der Waals surface area contributed by atoms with E-state index in [9.17, 15) is 9.90 Å². The predicted molar refractivity (Wildman–Crippen MR) is 83.4 cm³/mol. The van der Waals surface area contributed by atoms with Crippen LogP contribution in [0.15, 0.2) is 36.4 Å². The highest BCUT2D eigenvalue weighted by Gasteiger charge is 2.08. The summed E-state index contributed by atoms with van der Waals surface area (Å²) in [5, 5.41) is 13.0. The third kappa shape index (κ3) is 4.28. The molecule has 0 aliphatic heterocycles. The van der Waals surface area contributed by atoms with Gasteiger partial charge in [-0.15, -0.1) is 0 Å². The van der Waals surface area contributed by atoms with Crippen molar-refractivity contribution in [2.45, 2.75) is 6.92 Å². The number of phenols is 1. The largest absolute Gasteiger partial charge is 0.506 e. The van der Waals surface area contributed by atoms with Gasteiger partial charge in [-0.3, -0.25) is 4.79 Å². The van der Waals surface area contributed by atoms with Crippen molar-refractivity contribution in [3.63, 3.8) is 0 Å². The smallest absolute Gasteiger partial charge is 0.262 e. The Labute approximate surface area is 132 Å². The van der Waals surface area contributed by atoms with Crippen molar-refractivity contribution in [2.75, 3.05) is 11.9 Å². The molecule has 2 N–H and O–H groups in total. The molecule has 0 fully saturated rings. The van der Waals surface area contributed by atoms with Gasteiger partial charge in [0.25, 0.3) is 5.91 Å². The summed E-state index contributed by atoms with van der Waals surface area (Å²) in [7, 11) is 0. The van der Waals surface area contributed by atoms with Gasteiger partial charge in [0, 0.05) is 6.07 Å². The lowest BCUT2D eigenvalue weighted by Crippen LogP contribution is -2.20. The number of aryl methyl sites for hydroxylation is 1. The minimum Gasteiger partial charge on any atom is -0.506 e. The van der Waals surface area contributed by atoms with Gasteiger partial charge in [0.05, 0.1) is 15.7 Å². The van der Waals surface area contributed by atoms with Crippen LogP contribution < -0.4 is 10.1 Å². The van der Waals surface area contributed by atoms with Gasteiger partial charge in [0.2, 0.25) is 0 Å². The van der Waals surface area contributed by atoms with Crippen LogP contribution in [0, 0.1) is 6.92 Å². The highest BCUT2D eigenvalue weighted by molar-refractivity contribution is 6.42. The van der Waals surface area contributed by atoms with E-state index >= 15 is 0 Å². The Morgan fingerprint density at radius 1 is 1.19 bits per heavy atom. The van der Waals surface area contributed by atoms with E-state index < -0.39 is 0 Å². The number of ether oxygens (including phenoxy) is 1. The molecular weight excluding hydrogens is 313 g/mol. The normalized spacial score (nSPS) is 10.2. The summed E-state index contributed by atoms with van der Waals surface area (Å²) in [6.07, 6.45) is 0. The van der Waals surface area contributed by atoms with E-state index in [-0.39, 0.29) is 18.3 Å². The summed E-state index contributed by atoms with van der Waals surface area (Å²) in [6, 6.07) is 9.67. The molecule has 2 aromatic carbocycles. The second-order valence-corrected chi connectivity index (χ2v) is 5.25. The zero-order chi connectivity index (χ0) is 15.4. The SMILES string of the molecule is Cc1ccc(O)c(NC(=O)COc2ccc(Cl)c(Cl)c2)c1. The number of rotatable bonds is 4. The summed E-state index contributed by atoms with van der Waals surface area (Å²) in [4.78, 5) is 11.8. The van der Waals surface area contributed by atoms with Gasteiger partial charge in [0.1, 0.15) is 11.5 Å². The fourth-order valence-electron chi connectivity index (χ4n) is 1.65. The first-order valence-electron chi connectivity index (χ1n) is 6.13. The summed E-state index contributed by atoms with van der Waals surface area (Å²) < 4.78 is 5.31. The van der Waals surface area contributed by atoms with Crippen LogP contribution >= 0.6 is 23.2 Å². The molecule has 0 radical (unpaired) electrons. The molecule has 0 aromatic heterocycles. The molecule has 0 spiro atoms. The lowest BCUT2D eigenvalue weighted by molar-refractivity contribution is -0.118. The number of nitrogens with one attached hydrogen (secondary N) is 1. The van der Waals surface area contributed by atoms with E-state index in [2.05, 4.69) is 5.32 Å². The maximum atomic E-state index is 11.8. The van der Waals surface area contributed by atoms with Crippen LogP contribution in [0.1, 0.15) is 5.56 Å². The molecule has 0 bridgehead atoms. The number of aromatic hydroxyl groups is 1. The van der Waals surface area contributed by atoms with Gasteiger partial charge >= 0.3 is 0 Å². The Bertz CT molecular complexity index is 674. The van der Waals surface area contributed by atoms with E-state index in [1.165, 1.54) is 12.1 Å². The molecule has 1 amide bonds. The Morgan fingerprint density at radius 2 is 1.95 bits per heavy atom. The number of carbonyl (C=O) groups excluding carboxylic acids is 1. The van der Waals surface area contributed by atoms with Gasteiger partial charge in [-0.1, -0.05) is 29.3 Å². The average Bonchev–Trinajstić information content (AvgIpc) is 2.44. The first kappa shape index (κ1) is 15.5. The van der Waals surface area contributed by atoms with Crippen LogP contribution in [-0.2, 0) is 4.79 Å². The Kier molecular flexibility index (Phi) is 4.94. The molecule has 0 atom stereocenters. The molecule has 4 nitrogen and oxygen atoms in total. The van der Waals surface area contributed by atoms with E-state index in [0.29, 0.717) is 21.5 Å². The van der Waals surface area contributed by atoms with Crippen molar-refractivity contribution in [3.8, 4) is 11.5 Å². The quantitative estimate of drug-likeness (QED) is 0.834. The van der Waals surface area contributed by atoms with Crippen LogP contribution in [0.4, 0.5) is 5.69 Å². The van der Waals surface area contributed by atoms with Crippen molar-refractivity contribution in [1.29, 1.82) is 0 Å².